The number of ether oxygens (including phenoxy) is 2. The van der Waals surface area contributed by atoms with E-state index in [1.807, 2.05) is 38.1 Å². The average Bonchev–Trinajstić information content (AvgIpc) is 2.77. The number of amides is 1. The molecule has 0 unspecified atom stereocenters. The maximum atomic E-state index is 12.3. The van der Waals surface area contributed by atoms with Gasteiger partial charge in [-0.1, -0.05) is 12.1 Å². The van der Waals surface area contributed by atoms with Crippen molar-refractivity contribution in [2.75, 3.05) is 7.11 Å². The van der Waals surface area contributed by atoms with Crippen molar-refractivity contribution in [2.24, 2.45) is 0 Å². The Labute approximate surface area is 180 Å². The molecule has 3 rings (SSSR count). The van der Waals surface area contributed by atoms with E-state index in [2.05, 4.69) is 20.5 Å². The van der Waals surface area contributed by atoms with E-state index in [9.17, 15) is 9.59 Å². The molecule has 3 aromatic rings. The predicted octanol–water partition coefficient (Wildman–Crippen LogP) is 2.88. The Morgan fingerprint density at radius 1 is 1.10 bits per heavy atom. The molecule has 1 heterocycles. The van der Waals surface area contributed by atoms with E-state index < -0.39 is 0 Å². The van der Waals surface area contributed by atoms with E-state index in [0.717, 1.165) is 11.3 Å². The van der Waals surface area contributed by atoms with E-state index in [-0.39, 0.29) is 36.0 Å². The Balaban J connectivity index is 1.60. The lowest BCUT2D eigenvalue weighted by molar-refractivity contribution is -0.121. The number of aromatic nitrogens is 3. The molecule has 31 heavy (non-hydrogen) atoms. The third kappa shape index (κ3) is 6.40. The highest BCUT2D eigenvalue weighted by molar-refractivity contribution is 5.76. The summed E-state index contributed by atoms with van der Waals surface area (Å²) in [5, 5.41) is 10.9. The summed E-state index contributed by atoms with van der Waals surface area (Å²) in [5.74, 6) is 1.71. The van der Waals surface area contributed by atoms with Crippen LogP contribution in [0.15, 0.2) is 53.3 Å². The van der Waals surface area contributed by atoms with Crippen LogP contribution < -0.4 is 20.3 Å². The van der Waals surface area contributed by atoms with Gasteiger partial charge in [0.1, 0.15) is 23.8 Å². The Morgan fingerprint density at radius 2 is 1.87 bits per heavy atom. The molecule has 1 aromatic heterocycles. The minimum absolute atomic E-state index is 0.0571. The summed E-state index contributed by atoms with van der Waals surface area (Å²) in [4.78, 5) is 26.8. The average molecular weight is 422 g/mol. The van der Waals surface area contributed by atoms with E-state index in [1.165, 1.54) is 0 Å². The summed E-state index contributed by atoms with van der Waals surface area (Å²) in [6, 6.07) is 14.9. The van der Waals surface area contributed by atoms with Gasteiger partial charge in [-0.3, -0.25) is 9.59 Å². The van der Waals surface area contributed by atoms with E-state index in [1.54, 1.807) is 31.4 Å². The molecule has 0 aliphatic carbocycles. The first-order valence-corrected chi connectivity index (χ1v) is 10.1. The fraction of sp³-hybridized carbons (Fsp3) is 0.304. The first-order chi connectivity index (χ1) is 14.9. The molecular weight excluding hydrogens is 396 g/mol. The van der Waals surface area contributed by atoms with E-state index >= 15 is 0 Å². The van der Waals surface area contributed by atoms with Crippen LogP contribution in [0.5, 0.6) is 11.5 Å². The number of carbonyl (C=O) groups is 1. The van der Waals surface area contributed by atoms with Gasteiger partial charge < -0.3 is 19.8 Å². The number of hydrogen-bond donors (Lipinski definition) is 2. The monoisotopic (exact) mass is 422 g/mol. The van der Waals surface area contributed by atoms with Crippen LogP contribution in [0.25, 0.3) is 11.4 Å². The van der Waals surface area contributed by atoms with Crippen LogP contribution in [0.3, 0.4) is 0 Å². The second kappa shape index (κ2) is 10.4. The molecule has 0 saturated carbocycles. The first-order valence-electron chi connectivity index (χ1n) is 10.1. The second-order valence-electron chi connectivity index (χ2n) is 7.34. The van der Waals surface area contributed by atoms with Crippen LogP contribution >= 0.6 is 0 Å². The third-order valence-corrected chi connectivity index (χ3v) is 4.47. The molecule has 162 valence electrons. The Bertz CT molecular complexity index is 1080. The van der Waals surface area contributed by atoms with E-state index in [0.29, 0.717) is 23.7 Å². The lowest BCUT2D eigenvalue weighted by Crippen LogP contribution is -2.31. The van der Waals surface area contributed by atoms with Crippen LogP contribution in [0.1, 0.15) is 31.5 Å². The molecule has 0 saturated heterocycles. The van der Waals surface area contributed by atoms with Crippen LogP contribution in [-0.4, -0.2) is 34.2 Å². The highest BCUT2D eigenvalue weighted by Gasteiger charge is 2.10. The molecule has 2 aromatic carbocycles. The number of H-pyrrole nitrogens is 1. The molecule has 0 bridgehead atoms. The molecule has 8 heteroatoms. The van der Waals surface area contributed by atoms with Crippen molar-refractivity contribution in [1.82, 2.24) is 20.5 Å². The number of rotatable bonds is 9. The van der Waals surface area contributed by atoms with E-state index in [4.69, 9.17) is 9.47 Å². The minimum atomic E-state index is -0.347. The molecule has 2 N–H and O–H groups in total. The summed E-state index contributed by atoms with van der Waals surface area (Å²) in [7, 11) is 1.63. The number of nitrogens with zero attached hydrogens (tertiary/aromatic N) is 2. The molecule has 0 radical (unpaired) electrons. The molecule has 0 fully saturated rings. The van der Waals surface area contributed by atoms with Gasteiger partial charge in [0.25, 0.3) is 5.56 Å². The summed E-state index contributed by atoms with van der Waals surface area (Å²) in [5.41, 5.74) is 1.60. The second-order valence-corrected chi connectivity index (χ2v) is 7.34. The first kappa shape index (κ1) is 22.0. The lowest BCUT2D eigenvalue weighted by atomic mass is 10.2. The lowest BCUT2D eigenvalue weighted by Gasteiger charge is -2.09. The third-order valence-electron chi connectivity index (χ3n) is 4.47. The quantitative estimate of drug-likeness (QED) is 0.549. The van der Waals surface area contributed by atoms with Crippen LogP contribution in [0.4, 0.5) is 0 Å². The van der Waals surface area contributed by atoms with Crippen molar-refractivity contribution in [2.45, 2.75) is 39.3 Å². The van der Waals surface area contributed by atoms with Gasteiger partial charge in [-0.15, -0.1) is 10.2 Å². The minimum Gasteiger partial charge on any atom is -0.497 e. The predicted molar refractivity (Wildman–Crippen MR) is 117 cm³/mol. The maximum Gasteiger partial charge on any atom is 0.273 e. The van der Waals surface area contributed by atoms with Gasteiger partial charge in [0.2, 0.25) is 5.91 Å². The number of nitrogens with one attached hydrogen (secondary N) is 2. The van der Waals surface area contributed by atoms with Gasteiger partial charge in [-0.25, -0.2) is 0 Å². The molecular formula is C23H26N4O4. The van der Waals surface area contributed by atoms with Crippen LogP contribution in [-0.2, 0) is 17.8 Å². The van der Waals surface area contributed by atoms with Crippen molar-refractivity contribution in [3.63, 3.8) is 0 Å². The maximum absolute atomic E-state index is 12.3. The Hall–Kier alpha value is -3.68. The van der Waals surface area contributed by atoms with Gasteiger partial charge in [0, 0.05) is 24.4 Å². The van der Waals surface area contributed by atoms with Crippen molar-refractivity contribution in [3.05, 3.63) is 70.1 Å². The van der Waals surface area contributed by atoms with Crippen molar-refractivity contribution in [1.29, 1.82) is 0 Å². The number of benzene rings is 2. The van der Waals surface area contributed by atoms with Crippen LogP contribution in [0.2, 0.25) is 0 Å². The van der Waals surface area contributed by atoms with Crippen molar-refractivity contribution < 1.29 is 14.3 Å². The fourth-order valence-corrected chi connectivity index (χ4v) is 2.92. The molecule has 0 aliphatic heterocycles. The number of carbonyl (C=O) groups excluding carboxylic acids is 1. The topological polar surface area (TPSA) is 106 Å². The molecule has 0 aliphatic rings. The number of aryl methyl sites for hydroxylation is 1. The van der Waals surface area contributed by atoms with Gasteiger partial charge in [0.05, 0.1) is 7.11 Å². The molecule has 1 amide bonds. The Morgan fingerprint density at radius 3 is 2.55 bits per heavy atom. The highest BCUT2D eigenvalue weighted by Crippen LogP contribution is 2.20. The standard InChI is InChI=1S/C23H26N4O4/c1-15(2)24-21(28)12-11-20-23(29)25-22(27-26-20)17-7-9-18(10-8-17)31-14-16-5-4-6-19(13-16)30-3/h4-10,13,15H,11-12,14H2,1-3H3,(H,24,28)(H,25,27,29). The Kier molecular flexibility index (Phi) is 7.37. The SMILES string of the molecule is COc1cccc(COc2ccc(-c3nnc(CCC(=O)NC(C)C)c(=O)[nH]3)cc2)c1. The van der Waals surface area contributed by atoms with Crippen LogP contribution in [0, 0.1) is 0 Å². The molecule has 0 atom stereocenters. The largest absolute Gasteiger partial charge is 0.497 e. The fourth-order valence-electron chi connectivity index (χ4n) is 2.92. The summed E-state index contributed by atoms with van der Waals surface area (Å²) in [6.07, 6.45) is 0.423. The number of methoxy groups -OCH3 is 1. The summed E-state index contributed by atoms with van der Waals surface area (Å²) >= 11 is 0. The zero-order valence-corrected chi connectivity index (χ0v) is 17.8. The summed E-state index contributed by atoms with van der Waals surface area (Å²) in [6.45, 7) is 4.18. The molecule has 8 nitrogen and oxygen atoms in total. The van der Waals surface area contributed by atoms with Gasteiger partial charge in [-0.05, 0) is 55.8 Å². The van der Waals surface area contributed by atoms with Gasteiger partial charge >= 0.3 is 0 Å². The van der Waals surface area contributed by atoms with Gasteiger partial charge in [-0.2, -0.15) is 0 Å². The number of aromatic amines is 1. The smallest absolute Gasteiger partial charge is 0.273 e. The zero-order valence-electron chi connectivity index (χ0n) is 17.8. The number of hydrogen-bond acceptors (Lipinski definition) is 6. The normalized spacial score (nSPS) is 10.7. The van der Waals surface area contributed by atoms with Gasteiger partial charge in [0.15, 0.2) is 5.82 Å². The highest BCUT2D eigenvalue weighted by atomic mass is 16.5. The zero-order chi connectivity index (χ0) is 22.2. The summed E-state index contributed by atoms with van der Waals surface area (Å²) < 4.78 is 11.0. The van der Waals surface area contributed by atoms with Crippen molar-refractivity contribution >= 4 is 5.91 Å². The molecule has 0 spiro atoms. The van der Waals surface area contributed by atoms with Crippen molar-refractivity contribution in [3.8, 4) is 22.9 Å².